The summed E-state index contributed by atoms with van der Waals surface area (Å²) in [6, 6.07) is 17.7. The molecule has 1 amide bonds. The van der Waals surface area contributed by atoms with Gasteiger partial charge in [0.1, 0.15) is 0 Å². The molecule has 7 heteroatoms. The van der Waals surface area contributed by atoms with Crippen LogP contribution in [0.1, 0.15) is 28.9 Å². The number of benzene rings is 2. The summed E-state index contributed by atoms with van der Waals surface area (Å²) in [5, 5.41) is 12.6. The summed E-state index contributed by atoms with van der Waals surface area (Å²) >= 11 is 0. The Kier molecular flexibility index (Phi) is 5.66. The molecule has 2 aromatic heterocycles. The van der Waals surface area contributed by atoms with Crippen molar-refractivity contribution in [3.05, 3.63) is 87.5 Å². The Bertz CT molecular complexity index is 1290. The van der Waals surface area contributed by atoms with Gasteiger partial charge in [-0.2, -0.15) is 10.2 Å². The number of rotatable bonds is 6. The summed E-state index contributed by atoms with van der Waals surface area (Å²) in [4.78, 5) is 25.3. The number of carbonyl (C=O) groups is 1. The fourth-order valence-corrected chi connectivity index (χ4v) is 3.66. The quantitative estimate of drug-likeness (QED) is 0.524. The predicted molar refractivity (Wildman–Crippen MR) is 120 cm³/mol. The SMILES string of the molecule is Cc1ccc(CNC(=O)CCn2nc(C)c3c(C)n(-c4ccccc4)nc3c2=O)cc1. The monoisotopic (exact) mass is 415 g/mol. The summed E-state index contributed by atoms with van der Waals surface area (Å²) in [7, 11) is 0. The molecule has 158 valence electrons. The minimum absolute atomic E-state index is 0.127. The molecule has 0 bridgehead atoms. The van der Waals surface area contributed by atoms with Gasteiger partial charge in [-0.25, -0.2) is 9.36 Å². The summed E-state index contributed by atoms with van der Waals surface area (Å²) in [5.74, 6) is -0.127. The van der Waals surface area contributed by atoms with Crippen LogP contribution in [0.5, 0.6) is 0 Å². The Morgan fingerprint density at radius 1 is 0.968 bits per heavy atom. The van der Waals surface area contributed by atoms with E-state index in [0.717, 1.165) is 22.3 Å². The fourth-order valence-electron chi connectivity index (χ4n) is 3.66. The number of amides is 1. The van der Waals surface area contributed by atoms with Crippen LogP contribution >= 0.6 is 0 Å². The second-order valence-corrected chi connectivity index (χ2v) is 7.68. The lowest BCUT2D eigenvalue weighted by Gasteiger charge is -2.08. The van der Waals surface area contributed by atoms with E-state index in [-0.39, 0.29) is 24.4 Å². The molecule has 2 heterocycles. The lowest BCUT2D eigenvalue weighted by molar-refractivity contribution is -0.121. The van der Waals surface area contributed by atoms with E-state index in [2.05, 4.69) is 15.5 Å². The molecule has 7 nitrogen and oxygen atoms in total. The molecule has 2 aromatic carbocycles. The van der Waals surface area contributed by atoms with Gasteiger partial charge in [0.25, 0.3) is 5.56 Å². The van der Waals surface area contributed by atoms with Crippen molar-refractivity contribution in [2.75, 3.05) is 0 Å². The molecule has 0 unspecified atom stereocenters. The number of para-hydroxylation sites is 1. The van der Waals surface area contributed by atoms with Gasteiger partial charge < -0.3 is 5.32 Å². The minimum atomic E-state index is -0.287. The van der Waals surface area contributed by atoms with Gasteiger partial charge in [-0.3, -0.25) is 9.59 Å². The van der Waals surface area contributed by atoms with E-state index in [1.54, 1.807) is 4.68 Å². The van der Waals surface area contributed by atoms with E-state index < -0.39 is 0 Å². The third kappa shape index (κ3) is 4.26. The summed E-state index contributed by atoms with van der Waals surface area (Å²) in [6.45, 7) is 6.47. The van der Waals surface area contributed by atoms with E-state index in [4.69, 9.17) is 0 Å². The standard InChI is InChI=1S/C24H25N5O2/c1-16-9-11-19(12-10-16)15-25-21(30)13-14-28-24(31)23-22(17(2)26-28)18(3)29(27-23)20-7-5-4-6-8-20/h4-12H,13-15H2,1-3H3,(H,25,30). The van der Waals surface area contributed by atoms with Crippen LogP contribution in [0.15, 0.2) is 59.4 Å². The van der Waals surface area contributed by atoms with Gasteiger partial charge in [0.2, 0.25) is 5.91 Å². The molecule has 0 aliphatic heterocycles. The molecule has 1 N–H and O–H groups in total. The third-order valence-electron chi connectivity index (χ3n) is 5.35. The minimum Gasteiger partial charge on any atom is -0.352 e. The van der Waals surface area contributed by atoms with Crippen LogP contribution < -0.4 is 10.9 Å². The van der Waals surface area contributed by atoms with Crippen molar-refractivity contribution in [2.45, 2.75) is 40.3 Å². The normalized spacial score (nSPS) is 11.1. The van der Waals surface area contributed by atoms with Gasteiger partial charge in [0, 0.05) is 13.0 Å². The van der Waals surface area contributed by atoms with Crippen molar-refractivity contribution in [2.24, 2.45) is 0 Å². The smallest absolute Gasteiger partial charge is 0.295 e. The number of hydrogen-bond acceptors (Lipinski definition) is 4. The Hall–Kier alpha value is -3.74. The van der Waals surface area contributed by atoms with Crippen molar-refractivity contribution in [1.82, 2.24) is 24.9 Å². The average molecular weight is 415 g/mol. The van der Waals surface area contributed by atoms with Crippen LogP contribution in [0.3, 0.4) is 0 Å². The summed E-state index contributed by atoms with van der Waals surface area (Å²) < 4.78 is 3.10. The maximum Gasteiger partial charge on any atom is 0.295 e. The van der Waals surface area contributed by atoms with Crippen LogP contribution in [-0.4, -0.2) is 25.5 Å². The average Bonchev–Trinajstić information content (AvgIpc) is 3.13. The Balaban J connectivity index is 1.52. The molecule has 0 fully saturated rings. The number of nitrogens with one attached hydrogen (secondary N) is 1. The second-order valence-electron chi connectivity index (χ2n) is 7.68. The lowest BCUT2D eigenvalue weighted by atomic mass is 10.1. The van der Waals surface area contributed by atoms with E-state index in [1.165, 1.54) is 10.2 Å². The van der Waals surface area contributed by atoms with E-state index >= 15 is 0 Å². The molecular formula is C24H25N5O2. The highest BCUT2D eigenvalue weighted by atomic mass is 16.2. The lowest BCUT2D eigenvalue weighted by Crippen LogP contribution is -2.29. The summed E-state index contributed by atoms with van der Waals surface area (Å²) in [6.07, 6.45) is 0.169. The first-order valence-electron chi connectivity index (χ1n) is 10.3. The topological polar surface area (TPSA) is 81.8 Å². The molecule has 0 aliphatic rings. The Morgan fingerprint density at radius 3 is 2.39 bits per heavy atom. The highest BCUT2D eigenvalue weighted by molar-refractivity contribution is 5.83. The zero-order valence-corrected chi connectivity index (χ0v) is 17.9. The zero-order chi connectivity index (χ0) is 22.0. The van der Waals surface area contributed by atoms with Crippen molar-refractivity contribution < 1.29 is 4.79 Å². The largest absolute Gasteiger partial charge is 0.352 e. The first-order valence-corrected chi connectivity index (χ1v) is 10.3. The van der Waals surface area contributed by atoms with Crippen LogP contribution in [0.4, 0.5) is 0 Å². The Labute approximate surface area is 180 Å². The third-order valence-corrected chi connectivity index (χ3v) is 5.35. The highest BCUT2D eigenvalue weighted by Gasteiger charge is 2.17. The second kappa shape index (κ2) is 8.55. The number of fused-ring (bicyclic) bond motifs is 1. The Morgan fingerprint density at radius 2 is 1.68 bits per heavy atom. The van der Waals surface area contributed by atoms with E-state index in [9.17, 15) is 9.59 Å². The molecule has 0 radical (unpaired) electrons. The maximum atomic E-state index is 13.0. The number of nitrogens with zero attached hydrogens (tertiary/aromatic N) is 4. The highest BCUT2D eigenvalue weighted by Crippen LogP contribution is 2.20. The van der Waals surface area contributed by atoms with E-state index in [0.29, 0.717) is 17.8 Å². The molecule has 4 rings (SSSR count). The van der Waals surface area contributed by atoms with Crippen molar-refractivity contribution in [3.8, 4) is 5.69 Å². The number of carbonyl (C=O) groups excluding carboxylic acids is 1. The molecular weight excluding hydrogens is 390 g/mol. The van der Waals surface area contributed by atoms with Crippen molar-refractivity contribution in [1.29, 1.82) is 0 Å². The number of hydrogen-bond donors (Lipinski definition) is 1. The molecule has 31 heavy (non-hydrogen) atoms. The molecule has 4 aromatic rings. The van der Waals surface area contributed by atoms with Gasteiger partial charge in [0.15, 0.2) is 5.52 Å². The van der Waals surface area contributed by atoms with Gasteiger partial charge >= 0.3 is 0 Å². The molecule has 0 atom stereocenters. The van der Waals surface area contributed by atoms with Crippen LogP contribution in [-0.2, 0) is 17.9 Å². The van der Waals surface area contributed by atoms with Gasteiger partial charge in [-0.15, -0.1) is 0 Å². The predicted octanol–water partition coefficient (Wildman–Crippen LogP) is 3.21. The van der Waals surface area contributed by atoms with Gasteiger partial charge in [0.05, 0.1) is 29.0 Å². The number of aromatic nitrogens is 4. The maximum absolute atomic E-state index is 13.0. The molecule has 0 spiro atoms. The van der Waals surface area contributed by atoms with E-state index in [1.807, 2.05) is 75.4 Å². The first-order chi connectivity index (χ1) is 14.9. The molecule has 0 saturated heterocycles. The molecule has 0 aliphatic carbocycles. The molecule has 0 saturated carbocycles. The van der Waals surface area contributed by atoms with Crippen LogP contribution in [0.25, 0.3) is 16.6 Å². The van der Waals surface area contributed by atoms with Crippen LogP contribution in [0.2, 0.25) is 0 Å². The van der Waals surface area contributed by atoms with Gasteiger partial charge in [-0.1, -0.05) is 48.0 Å². The van der Waals surface area contributed by atoms with Crippen molar-refractivity contribution in [3.63, 3.8) is 0 Å². The van der Waals surface area contributed by atoms with Crippen molar-refractivity contribution >= 4 is 16.8 Å². The summed E-state index contributed by atoms with van der Waals surface area (Å²) in [5.41, 5.74) is 4.76. The van der Waals surface area contributed by atoms with Gasteiger partial charge in [-0.05, 0) is 38.5 Å². The van der Waals surface area contributed by atoms with Crippen LogP contribution in [0, 0.1) is 20.8 Å². The number of aryl methyl sites for hydroxylation is 4. The first kappa shape index (κ1) is 20.5. The zero-order valence-electron chi connectivity index (χ0n) is 17.9. The fraction of sp³-hybridized carbons (Fsp3) is 0.250.